The summed E-state index contributed by atoms with van der Waals surface area (Å²) in [6.45, 7) is 8.71. The van der Waals surface area contributed by atoms with E-state index in [1.807, 2.05) is 18.0 Å². The first-order chi connectivity index (χ1) is 9.19. The number of carbonyl (C=O) groups is 1. The van der Waals surface area contributed by atoms with Crippen LogP contribution in [0, 0.1) is 0 Å². The molecule has 0 radical (unpaired) electrons. The van der Waals surface area contributed by atoms with Crippen molar-refractivity contribution in [3.05, 3.63) is 18.1 Å². The lowest BCUT2D eigenvalue weighted by Crippen LogP contribution is -2.47. The van der Waals surface area contributed by atoms with Crippen LogP contribution in [0.2, 0.25) is 0 Å². The van der Waals surface area contributed by atoms with E-state index in [0.29, 0.717) is 0 Å². The van der Waals surface area contributed by atoms with E-state index < -0.39 is 0 Å². The van der Waals surface area contributed by atoms with Gasteiger partial charge in [0.15, 0.2) is 0 Å². The Morgan fingerprint density at radius 2 is 2.00 bits per heavy atom. The van der Waals surface area contributed by atoms with Crippen LogP contribution < -0.4 is 5.32 Å². The number of carbonyl (C=O) groups excluding carboxylic acids is 1. The van der Waals surface area contributed by atoms with E-state index in [0.717, 1.165) is 50.8 Å². The number of rotatable bonds is 4. The van der Waals surface area contributed by atoms with Crippen LogP contribution in [0.5, 0.6) is 0 Å². The third-order valence-electron chi connectivity index (χ3n) is 3.27. The average Bonchev–Trinajstić information content (AvgIpc) is 2.42. The second-order valence-corrected chi connectivity index (χ2v) is 4.71. The molecule has 1 aromatic rings. The molecule has 0 bridgehead atoms. The van der Waals surface area contributed by atoms with E-state index in [1.165, 1.54) is 0 Å². The normalized spacial score (nSPS) is 16.4. The summed E-state index contributed by atoms with van der Waals surface area (Å²) in [5.41, 5.74) is 0.970. The van der Waals surface area contributed by atoms with Crippen LogP contribution in [0.1, 0.15) is 19.5 Å². The van der Waals surface area contributed by atoms with Gasteiger partial charge in [-0.2, -0.15) is 0 Å². The predicted octanol–water partition coefficient (Wildman–Crippen LogP) is 0.572. The smallest absolute Gasteiger partial charge is 0.219 e. The Labute approximate surface area is 113 Å². The van der Waals surface area contributed by atoms with Crippen LogP contribution in [0.3, 0.4) is 0 Å². The highest BCUT2D eigenvalue weighted by Crippen LogP contribution is 2.07. The summed E-state index contributed by atoms with van der Waals surface area (Å²) in [6.07, 6.45) is 3.58. The number of piperazine rings is 1. The summed E-state index contributed by atoms with van der Waals surface area (Å²) in [5, 5.41) is 3.13. The predicted molar refractivity (Wildman–Crippen MR) is 73.7 cm³/mol. The lowest BCUT2D eigenvalue weighted by Gasteiger charge is -2.33. The molecule has 0 aliphatic carbocycles. The monoisotopic (exact) mass is 263 g/mol. The molecule has 1 fully saturated rings. The number of aromatic nitrogens is 2. The molecule has 1 amide bonds. The zero-order valence-electron chi connectivity index (χ0n) is 11.6. The summed E-state index contributed by atoms with van der Waals surface area (Å²) >= 11 is 0. The summed E-state index contributed by atoms with van der Waals surface area (Å²) < 4.78 is 0. The molecule has 0 unspecified atom stereocenters. The summed E-state index contributed by atoms with van der Waals surface area (Å²) in [7, 11) is 0. The minimum atomic E-state index is 0.162. The Morgan fingerprint density at radius 3 is 2.53 bits per heavy atom. The van der Waals surface area contributed by atoms with E-state index in [2.05, 4.69) is 20.2 Å². The molecule has 0 aromatic carbocycles. The highest BCUT2D eigenvalue weighted by Gasteiger charge is 2.18. The second kappa shape index (κ2) is 6.47. The van der Waals surface area contributed by atoms with Crippen LogP contribution in [0.15, 0.2) is 12.4 Å². The lowest BCUT2D eigenvalue weighted by molar-refractivity contribution is -0.130. The first-order valence-electron chi connectivity index (χ1n) is 6.71. The molecule has 1 aliphatic rings. The maximum absolute atomic E-state index is 11.2. The van der Waals surface area contributed by atoms with Crippen molar-refractivity contribution in [2.75, 3.05) is 38.0 Å². The molecule has 1 aliphatic heterocycles. The molecule has 1 N–H and O–H groups in total. The quantitative estimate of drug-likeness (QED) is 0.860. The Bertz CT molecular complexity index is 412. The van der Waals surface area contributed by atoms with Crippen molar-refractivity contribution in [1.82, 2.24) is 19.8 Å². The minimum Gasteiger partial charge on any atom is -0.369 e. The van der Waals surface area contributed by atoms with Crippen molar-refractivity contribution >= 4 is 11.7 Å². The highest BCUT2D eigenvalue weighted by atomic mass is 16.2. The van der Waals surface area contributed by atoms with E-state index in [9.17, 15) is 4.79 Å². The van der Waals surface area contributed by atoms with Crippen molar-refractivity contribution in [3.63, 3.8) is 0 Å². The Balaban J connectivity index is 1.83. The van der Waals surface area contributed by atoms with Gasteiger partial charge in [-0.15, -0.1) is 0 Å². The van der Waals surface area contributed by atoms with Gasteiger partial charge in [0.25, 0.3) is 0 Å². The number of anilines is 1. The minimum absolute atomic E-state index is 0.162. The molecule has 19 heavy (non-hydrogen) atoms. The van der Waals surface area contributed by atoms with Gasteiger partial charge in [0.05, 0.1) is 18.1 Å². The van der Waals surface area contributed by atoms with Crippen LogP contribution in [-0.4, -0.2) is 58.4 Å². The molecular weight excluding hydrogens is 242 g/mol. The molecule has 2 heterocycles. The van der Waals surface area contributed by atoms with Gasteiger partial charge in [0.2, 0.25) is 5.91 Å². The number of hydrogen-bond donors (Lipinski definition) is 1. The first kappa shape index (κ1) is 13.7. The number of nitrogens with one attached hydrogen (secondary N) is 1. The van der Waals surface area contributed by atoms with Crippen LogP contribution in [0.4, 0.5) is 5.82 Å². The van der Waals surface area contributed by atoms with Gasteiger partial charge >= 0.3 is 0 Å². The fraction of sp³-hybridized carbons (Fsp3) is 0.615. The van der Waals surface area contributed by atoms with E-state index >= 15 is 0 Å². The van der Waals surface area contributed by atoms with Crippen molar-refractivity contribution in [2.45, 2.75) is 20.4 Å². The SMILES string of the molecule is CCNc1cnc(CN2CCN(C(C)=O)CC2)cn1. The van der Waals surface area contributed by atoms with Gasteiger partial charge in [0.1, 0.15) is 5.82 Å². The van der Waals surface area contributed by atoms with E-state index in [-0.39, 0.29) is 5.91 Å². The van der Waals surface area contributed by atoms with Crippen LogP contribution in [-0.2, 0) is 11.3 Å². The number of nitrogens with zero attached hydrogens (tertiary/aromatic N) is 4. The lowest BCUT2D eigenvalue weighted by atomic mass is 10.3. The number of hydrogen-bond acceptors (Lipinski definition) is 5. The fourth-order valence-electron chi connectivity index (χ4n) is 2.16. The zero-order valence-corrected chi connectivity index (χ0v) is 11.6. The molecule has 0 atom stereocenters. The number of amides is 1. The maximum atomic E-state index is 11.2. The van der Waals surface area contributed by atoms with Crippen LogP contribution >= 0.6 is 0 Å². The van der Waals surface area contributed by atoms with Gasteiger partial charge < -0.3 is 10.2 Å². The molecule has 1 saturated heterocycles. The average molecular weight is 263 g/mol. The van der Waals surface area contributed by atoms with Gasteiger partial charge in [-0.25, -0.2) is 4.98 Å². The van der Waals surface area contributed by atoms with E-state index in [1.54, 1.807) is 13.1 Å². The maximum Gasteiger partial charge on any atom is 0.219 e. The Hall–Kier alpha value is -1.69. The van der Waals surface area contributed by atoms with Crippen molar-refractivity contribution < 1.29 is 4.79 Å². The summed E-state index contributed by atoms with van der Waals surface area (Å²) in [5.74, 6) is 0.974. The third kappa shape index (κ3) is 3.89. The molecule has 104 valence electrons. The van der Waals surface area contributed by atoms with Crippen LogP contribution in [0.25, 0.3) is 0 Å². The van der Waals surface area contributed by atoms with Crippen molar-refractivity contribution in [3.8, 4) is 0 Å². The van der Waals surface area contributed by atoms with Crippen molar-refractivity contribution in [2.24, 2.45) is 0 Å². The van der Waals surface area contributed by atoms with Crippen molar-refractivity contribution in [1.29, 1.82) is 0 Å². The largest absolute Gasteiger partial charge is 0.369 e. The molecule has 1 aromatic heterocycles. The van der Waals surface area contributed by atoms with Gasteiger partial charge in [-0.3, -0.25) is 14.7 Å². The highest BCUT2D eigenvalue weighted by molar-refractivity contribution is 5.73. The zero-order chi connectivity index (χ0) is 13.7. The second-order valence-electron chi connectivity index (χ2n) is 4.71. The van der Waals surface area contributed by atoms with Gasteiger partial charge in [-0.05, 0) is 6.92 Å². The fourth-order valence-corrected chi connectivity index (χ4v) is 2.16. The summed E-state index contributed by atoms with van der Waals surface area (Å²) in [6, 6.07) is 0. The standard InChI is InChI=1S/C13H21N5O/c1-3-14-13-9-15-12(8-16-13)10-17-4-6-18(7-5-17)11(2)19/h8-9H,3-7,10H2,1-2H3,(H,14,16). The molecule has 6 nitrogen and oxygen atoms in total. The molecule has 0 spiro atoms. The molecule has 2 rings (SSSR count). The Kier molecular flexibility index (Phi) is 4.68. The first-order valence-corrected chi connectivity index (χ1v) is 6.71. The Morgan fingerprint density at radius 1 is 1.26 bits per heavy atom. The van der Waals surface area contributed by atoms with E-state index in [4.69, 9.17) is 0 Å². The topological polar surface area (TPSA) is 61.4 Å². The molecule has 6 heteroatoms. The van der Waals surface area contributed by atoms with Gasteiger partial charge in [0, 0.05) is 46.2 Å². The molecule has 0 saturated carbocycles. The third-order valence-corrected chi connectivity index (χ3v) is 3.27. The molecular formula is C13H21N5O. The summed E-state index contributed by atoms with van der Waals surface area (Å²) in [4.78, 5) is 24.1. The van der Waals surface area contributed by atoms with Gasteiger partial charge in [-0.1, -0.05) is 0 Å².